The third kappa shape index (κ3) is 5.00. The summed E-state index contributed by atoms with van der Waals surface area (Å²) >= 11 is 0. The van der Waals surface area contributed by atoms with Gasteiger partial charge < -0.3 is 23.4 Å². The van der Waals surface area contributed by atoms with Crippen molar-refractivity contribution in [1.82, 2.24) is 4.98 Å². The number of hydrogen-bond donors (Lipinski definition) is 0. The molecule has 0 amide bonds. The van der Waals surface area contributed by atoms with Crippen LogP contribution >= 0.6 is 0 Å². The molecule has 0 aliphatic heterocycles. The Morgan fingerprint density at radius 3 is 2.33 bits per heavy atom. The van der Waals surface area contributed by atoms with Crippen LogP contribution in [-0.4, -0.2) is 31.1 Å². The topological polar surface area (TPSA) is 70.8 Å². The fraction of sp³-hybridized carbons (Fsp3) is 0.333. The number of carbonyl (C=O) groups excluding carboxylic acids is 1. The Morgan fingerprint density at radius 1 is 0.900 bits per heavy atom. The van der Waals surface area contributed by atoms with E-state index >= 15 is 0 Å². The molecule has 1 aromatic heterocycles. The Bertz CT molecular complexity index is 979. The van der Waals surface area contributed by atoms with Crippen LogP contribution in [0.15, 0.2) is 47.1 Å². The summed E-state index contributed by atoms with van der Waals surface area (Å²) in [5, 5.41) is 0. The van der Waals surface area contributed by atoms with Crippen LogP contribution in [0.4, 0.5) is 0 Å². The maximum absolute atomic E-state index is 10.7. The first-order valence-corrected chi connectivity index (χ1v) is 10.2. The number of oxazole rings is 1. The fourth-order valence-corrected chi connectivity index (χ4v) is 3.15. The molecule has 3 aromatic rings. The minimum absolute atomic E-state index is 0.476. The molecule has 0 atom stereocenters. The van der Waals surface area contributed by atoms with Gasteiger partial charge in [-0.05, 0) is 63.1 Å². The van der Waals surface area contributed by atoms with Gasteiger partial charge in [-0.15, -0.1) is 0 Å². The highest BCUT2D eigenvalue weighted by Gasteiger charge is 2.16. The highest BCUT2D eigenvalue weighted by atomic mass is 16.5. The van der Waals surface area contributed by atoms with E-state index in [9.17, 15) is 4.79 Å². The molecule has 30 heavy (non-hydrogen) atoms. The van der Waals surface area contributed by atoms with Crippen LogP contribution in [0.3, 0.4) is 0 Å². The lowest BCUT2D eigenvalue weighted by atomic mass is 10.0. The van der Waals surface area contributed by atoms with E-state index in [-0.39, 0.29) is 0 Å². The molecule has 3 rings (SSSR count). The van der Waals surface area contributed by atoms with E-state index in [0.29, 0.717) is 55.7 Å². The van der Waals surface area contributed by atoms with Gasteiger partial charge in [-0.1, -0.05) is 6.07 Å². The number of nitrogens with zero attached hydrogens (tertiary/aromatic N) is 1. The molecular weight excluding hydrogens is 382 g/mol. The maximum atomic E-state index is 10.7. The summed E-state index contributed by atoms with van der Waals surface area (Å²) in [6, 6.07) is 11.5. The summed E-state index contributed by atoms with van der Waals surface area (Å²) in [5.74, 6) is 2.56. The van der Waals surface area contributed by atoms with Gasteiger partial charge in [0.1, 0.15) is 24.0 Å². The van der Waals surface area contributed by atoms with Gasteiger partial charge in [-0.2, -0.15) is 0 Å². The van der Waals surface area contributed by atoms with Crippen molar-refractivity contribution >= 4 is 6.29 Å². The van der Waals surface area contributed by atoms with Gasteiger partial charge in [0.2, 0.25) is 5.89 Å². The number of aromatic nitrogens is 1. The van der Waals surface area contributed by atoms with Crippen LogP contribution in [0.25, 0.3) is 22.7 Å². The van der Waals surface area contributed by atoms with Crippen molar-refractivity contribution in [1.29, 1.82) is 0 Å². The molecule has 0 fully saturated rings. The van der Waals surface area contributed by atoms with Gasteiger partial charge in [0.25, 0.3) is 0 Å². The average molecular weight is 409 g/mol. The largest absolute Gasteiger partial charge is 0.493 e. The van der Waals surface area contributed by atoms with Crippen molar-refractivity contribution in [3.05, 3.63) is 48.2 Å². The molecule has 0 saturated carbocycles. The predicted molar refractivity (Wildman–Crippen MR) is 115 cm³/mol. The molecule has 0 aliphatic rings. The molecule has 0 N–H and O–H groups in total. The van der Waals surface area contributed by atoms with Crippen LogP contribution in [-0.2, 0) is 11.2 Å². The minimum Gasteiger partial charge on any atom is -0.493 e. The van der Waals surface area contributed by atoms with Gasteiger partial charge in [-0.3, -0.25) is 0 Å². The number of rotatable bonds is 11. The number of benzene rings is 2. The number of ether oxygens (including phenoxy) is 3. The molecule has 1 heterocycles. The molecule has 2 aromatic carbocycles. The molecule has 0 radical (unpaired) electrons. The van der Waals surface area contributed by atoms with Crippen LogP contribution in [0, 0.1) is 0 Å². The van der Waals surface area contributed by atoms with Gasteiger partial charge in [0.15, 0.2) is 11.5 Å². The lowest BCUT2D eigenvalue weighted by Crippen LogP contribution is -1.98. The highest BCUT2D eigenvalue weighted by molar-refractivity contribution is 5.70. The van der Waals surface area contributed by atoms with Crippen molar-refractivity contribution in [3.8, 4) is 40.0 Å². The smallest absolute Gasteiger partial charge is 0.226 e. The number of carbonyl (C=O) groups is 1. The first kappa shape index (κ1) is 21.4. The van der Waals surface area contributed by atoms with Gasteiger partial charge >= 0.3 is 0 Å². The normalized spacial score (nSPS) is 10.6. The van der Waals surface area contributed by atoms with E-state index < -0.39 is 0 Å². The van der Waals surface area contributed by atoms with Gasteiger partial charge in [0, 0.05) is 17.5 Å². The third-order valence-electron chi connectivity index (χ3n) is 4.47. The van der Waals surface area contributed by atoms with Crippen molar-refractivity contribution in [3.63, 3.8) is 0 Å². The fourth-order valence-electron chi connectivity index (χ4n) is 3.15. The van der Waals surface area contributed by atoms with E-state index in [1.807, 2.05) is 57.2 Å². The SMILES string of the molecule is CCOc1ccc(-c2nc(-c3cc(CCC=O)ccc3OCC)co2)cc1OCC. The Balaban J connectivity index is 1.95. The van der Waals surface area contributed by atoms with Crippen LogP contribution in [0.1, 0.15) is 32.8 Å². The van der Waals surface area contributed by atoms with Crippen LogP contribution in [0.5, 0.6) is 17.2 Å². The molecule has 0 bridgehead atoms. The van der Waals surface area contributed by atoms with Crippen molar-refractivity contribution < 1.29 is 23.4 Å². The number of aryl methyl sites for hydroxylation is 1. The van der Waals surface area contributed by atoms with Crippen molar-refractivity contribution in [2.24, 2.45) is 0 Å². The quantitative estimate of drug-likeness (QED) is 0.398. The molecule has 6 heteroatoms. The monoisotopic (exact) mass is 409 g/mol. The highest BCUT2D eigenvalue weighted by Crippen LogP contribution is 2.36. The maximum Gasteiger partial charge on any atom is 0.226 e. The predicted octanol–water partition coefficient (Wildman–Crippen LogP) is 5.34. The van der Waals surface area contributed by atoms with E-state index in [1.165, 1.54) is 0 Å². The zero-order chi connectivity index (χ0) is 21.3. The minimum atomic E-state index is 0.476. The molecule has 0 unspecified atom stereocenters. The third-order valence-corrected chi connectivity index (χ3v) is 4.47. The van der Waals surface area contributed by atoms with Crippen molar-refractivity contribution in [2.45, 2.75) is 33.6 Å². The summed E-state index contributed by atoms with van der Waals surface area (Å²) < 4.78 is 22.9. The second-order valence-electron chi connectivity index (χ2n) is 6.53. The Labute approximate surface area is 176 Å². The van der Waals surface area contributed by atoms with E-state index in [4.69, 9.17) is 18.6 Å². The average Bonchev–Trinajstić information content (AvgIpc) is 3.25. The zero-order valence-corrected chi connectivity index (χ0v) is 17.6. The summed E-state index contributed by atoms with van der Waals surface area (Å²) in [4.78, 5) is 15.4. The molecule has 158 valence electrons. The molecule has 0 saturated heterocycles. The Hall–Kier alpha value is -3.28. The van der Waals surface area contributed by atoms with Crippen molar-refractivity contribution in [2.75, 3.05) is 19.8 Å². The first-order chi connectivity index (χ1) is 14.7. The lowest BCUT2D eigenvalue weighted by molar-refractivity contribution is -0.107. The lowest BCUT2D eigenvalue weighted by Gasteiger charge is -2.11. The Morgan fingerprint density at radius 2 is 1.60 bits per heavy atom. The summed E-state index contributed by atoms with van der Waals surface area (Å²) in [5.41, 5.74) is 3.35. The first-order valence-electron chi connectivity index (χ1n) is 10.2. The Kier molecular flexibility index (Phi) is 7.49. The van der Waals surface area contributed by atoms with E-state index in [2.05, 4.69) is 4.98 Å². The molecule has 0 spiro atoms. The summed E-state index contributed by atoms with van der Waals surface area (Å²) in [6.07, 6.45) is 3.69. The van der Waals surface area contributed by atoms with Gasteiger partial charge in [0.05, 0.1) is 19.8 Å². The van der Waals surface area contributed by atoms with E-state index in [1.54, 1.807) is 6.26 Å². The van der Waals surface area contributed by atoms with Crippen LogP contribution < -0.4 is 14.2 Å². The standard InChI is InChI=1S/C24H27NO5/c1-4-27-21-11-9-17(8-7-13-26)14-19(21)20-16-30-24(25-20)18-10-12-22(28-5-2)23(15-18)29-6-3/h9-16H,4-8H2,1-3H3. The molecular formula is C24H27NO5. The molecule has 0 aliphatic carbocycles. The van der Waals surface area contributed by atoms with E-state index in [0.717, 1.165) is 28.7 Å². The zero-order valence-electron chi connectivity index (χ0n) is 17.6. The second-order valence-corrected chi connectivity index (χ2v) is 6.53. The number of hydrogen-bond acceptors (Lipinski definition) is 6. The second kappa shape index (κ2) is 10.5. The van der Waals surface area contributed by atoms with Gasteiger partial charge in [-0.25, -0.2) is 4.98 Å². The summed E-state index contributed by atoms with van der Waals surface area (Å²) in [7, 11) is 0. The van der Waals surface area contributed by atoms with Crippen LogP contribution in [0.2, 0.25) is 0 Å². The number of aldehydes is 1. The molecule has 6 nitrogen and oxygen atoms in total. The summed E-state index contributed by atoms with van der Waals surface area (Å²) in [6.45, 7) is 7.44.